The molecule has 0 unspecified atom stereocenters. The molecular weight excluding hydrogens is 251 g/mol. The Kier molecular flexibility index (Phi) is 1.66. The SMILES string of the molecule is [123I]c1cc2ccccc2s1. The molecule has 0 saturated heterocycles. The van der Waals surface area contributed by atoms with E-state index in [0.717, 1.165) is 0 Å². The second kappa shape index (κ2) is 2.51. The van der Waals surface area contributed by atoms with Crippen molar-refractivity contribution in [1.29, 1.82) is 0 Å². The van der Waals surface area contributed by atoms with Crippen LogP contribution in [0.1, 0.15) is 0 Å². The number of benzene rings is 1. The van der Waals surface area contributed by atoms with E-state index < -0.39 is 0 Å². The van der Waals surface area contributed by atoms with Crippen LogP contribution in [0, 0.1) is 2.88 Å². The van der Waals surface area contributed by atoms with Crippen molar-refractivity contribution >= 4 is 44.0 Å². The summed E-state index contributed by atoms with van der Waals surface area (Å²) in [5.74, 6) is 0. The molecule has 50 valence electrons. The lowest BCUT2D eigenvalue weighted by Crippen LogP contribution is -1.56. The number of thiophene rings is 1. The van der Waals surface area contributed by atoms with Gasteiger partial charge in [-0.15, -0.1) is 11.3 Å². The molecule has 1 aromatic carbocycles. The summed E-state index contributed by atoms with van der Waals surface area (Å²) in [6.45, 7) is 0. The van der Waals surface area contributed by atoms with Gasteiger partial charge in [0, 0.05) is 4.70 Å². The monoisotopic (exact) mass is 256 g/mol. The summed E-state index contributed by atoms with van der Waals surface area (Å²) >= 11 is 4.19. The number of fused-ring (bicyclic) bond motifs is 1. The maximum absolute atomic E-state index is 2.35. The van der Waals surface area contributed by atoms with Gasteiger partial charge >= 0.3 is 0 Å². The minimum Gasteiger partial charge on any atom is -0.129 e. The third-order valence-electron chi connectivity index (χ3n) is 1.40. The highest BCUT2D eigenvalue weighted by Gasteiger charge is 1.94. The van der Waals surface area contributed by atoms with E-state index in [1.807, 2.05) is 11.3 Å². The predicted octanol–water partition coefficient (Wildman–Crippen LogP) is 3.51. The van der Waals surface area contributed by atoms with Crippen LogP contribution in [-0.4, -0.2) is 0 Å². The normalized spacial score (nSPS) is 10.5. The van der Waals surface area contributed by atoms with Crippen molar-refractivity contribution in [3.05, 3.63) is 33.2 Å². The van der Waals surface area contributed by atoms with Crippen LogP contribution < -0.4 is 0 Å². The fourth-order valence-electron chi connectivity index (χ4n) is 0.949. The topological polar surface area (TPSA) is 0 Å². The Morgan fingerprint density at radius 2 is 2.00 bits per heavy atom. The average Bonchev–Trinajstić information content (AvgIpc) is 2.27. The zero-order valence-corrected chi connectivity index (χ0v) is 8.15. The molecule has 0 nitrogen and oxygen atoms in total. The first-order valence-corrected chi connectivity index (χ1v) is 4.90. The van der Waals surface area contributed by atoms with Crippen molar-refractivity contribution in [2.45, 2.75) is 0 Å². The number of rotatable bonds is 0. The third kappa shape index (κ3) is 1.06. The molecule has 2 heteroatoms. The molecule has 2 aromatic rings. The van der Waals surface area contributed by atoms with Crippen LogP contribution in [0.4, 0.5) is 0 Å². The fourth-order valence-corrected chi connectivity index (χ4v) is 2.78. The molecule has 0 bridgehead atoms. The number of hydrogen-bond donors (Lipinski definition) is 0. The van der Waals surface area contributed by atoms with E-state index in [1.165, 1.54) is 13.0 Å². The summed E-state index contributed by atoms with van der Waals surface area (Å²) in [6.07, 6.45) is 0. The van der Waals surface area contributed by atoms with Gasteiger partial charge in [0.05, 0.1) is 2.88 Å². The van der Waals surface area contributed by atoms with Gasteiger partial charge in [-0.3, -0.25) is 0 Å². The van der Waals surface area contributed by atoms with E-state index in [2.05, 4.69) is 52.9 Å². The van der Waals surface area contributed by atoms with Gasteiger partial charge in [-0.25, -0.2) is 0 Å². The van der Waals surface area contributed by atoms with E-state index in [-0.39, 0.29) is 0 Å². The molecule has 0 fully saturated rings. The van der Waals surface area contributed by atoms with Gasteiger partial charge in [0.2, 0.25) is 0 Å². The quantitative estimate of drug-likeness (QED) is 0.633. The Hall–Kier alpha value is -0.0900. The summed E-state index contributed by atoms with van der Waals surface area (Å²) in [7, 11) is 0. The molecule has 0 N–H and O–H groups in total. The first kappa shape index (κ1) is 6.61. The minimum absolute atomic E-state index is 1.36. The Morgan fingerprint density at radius 1 is 1.20 bits per heavy atom. The lowest BCUT2D eigenvalue weighted by molar-refractivity contribution is 1.85. The molecule has 1 heterocycles. The summed E-state index contributed by atoms with van der Waals surface area (Å²) in [4.78, 5) is 0. The molecule has 0 aliphatic heterocycles. The van der Waals surface area contributed by atoms with E-state index in [1.54, 1.807) is 0 Å². The van der Waals surface area contributed by atoms with Gasteiger partial charge in [-0.05, 0) is 40.1 Å². The second-order valence-electron chi connectivity index (χ2n) is 2.09. The Morgan fingerprint density at radius 3 is 2.80 bits per heavy atom. The van der Waals surface area contributed by atoms with Crippen LogP contribution in [0.5, 0.6) is 0 Å². The Bertz CT molecular complexity index is 318. The maximum Gasteiger partial charge on any atom is 0.0666 e. The van der Waals surface area contributed by atoms with Gasteiger partial charge < -0.3 is 0 Å². The van der Waals surface area contributed by atoms with Crippen LogP contribution in [0.2, 0.25) is 0 Å². The number of hydrogen-bond acceptors (Lipinski definition) is 1. The lowest BCUT2D eigenvalue weighted by Gasteiger charge is -1.82. The fraction of sp³-hybridized carbons (Fsp3) is 0. The van der Waals surface area contributed by atoms with Gasteiger partial charge in [0.1, 0.15) is 0 Å². The van der Waals surface area contributed by atoms with Crippen molar-refractivity contribution in [3.8, 4) is 0 Å². The zero-order valence-electron chi connectivity index (χ0n) is 5.17. The van der Waals surface area contributed by atoms with Crippen molar-refractivity contribution in [2.75, 3.05) is 0 Å². The molecule has 0 atom stereocenters. The third-order valence-corrected chi connectivity index (χ3v) is 3.27. The van der Waals surface area contributed by atoms with Gasteiger partial charge in [0.25, 0.3) is 0 Å². The molecule has 0 spiro atoms. The highest BCUT2D eigenvalue weighted by Crippen LogP contribution is 2.25. The zero-order chi connectivity index (χ0) is 6.97. The van der Waals surface area contributed by atoms with E-state index in [4.69, 9.17) is 0 Å². The highest BCUT2D eigenvalue weighted by atomic mass is 123. The molecule has 0 aliphatic carbocycles. The van der Waals surface area contributed by atoms with Gasteiger partial charge in [-0.1, -0.05) is 18.2 Å². The van der Waals surface area contributed by atoms with Crippen LogP contribution in [-0.2, 0) is 0 Å². The van der Waals surface area contributed by atoms with Crippen molar-refractivity contribution < 1.29 is 0 Å². The van der Waals surface area contributed by atoms with Crippen molar-refractivity contribution in [3.63, 3.8) is 0 Å². The first-order chi connectivity index (χ1) is 4.86. The van der Waals surface area contributed by atoms with E-state index in [0.29, 0.717) is 0 Å². The summed E-state index contributed by atoms with van der Waals surface area (Å²) in [5.41, 5.74) is 0. The highest BCUT2D eigenvalue weighted by molar-refractivity contribution is 14.1. The second-order valence-corrected chi connectivity index (χ2v) is 5.07. The molecule has 10 heavy (non-hydrogen) atoms. The largest absolute Gasteiger partial charge is 0.129 e. The molecule has 0 radical (unpaired) electrons. The first-order valence-electron chi connectivity index (χ1n) is 3.00. The molecule has 0 aliphatic rings. The smallest absolute Gasteiger partial charge is 0.0666 e. The minimum atomic E-state index is 1.36. The molecule has 0 saturated carbocycles. The predicted molar refractivity (Wildman–Crippen MR) is 54.5 cm³/mol. The summed E-state index contributed by atoms with van der Waals surface area (Å²) in [6, 6.07) is 10.7. The number of halogens is 1. The lowest BCUT2D eigenvalue weighted by atomic mass is 10.3. The summed E-state index contributed by atoms with van der Waals surface area (Å²) in [5, 5.41) is 1.36. The molecule has 1 aromatic heterocycles. The van der Waals surface area contributed by atoms with Crippen molar-refractivity contribution in [1.82, 2.24) is 0 Å². The molecule has 0 amide bonds. The van der Waals surface area contributed by atoms with Crippen LogP contribution in [0.3, 0.4) is 0 Å². The van der Waals surface area contributed by atoms with E-state index in [9.17, 15) is 0 Å². The van der Waals surface area contributed by atoms with Crippen LogP contribution >= 0.6 is 33.9 Å². The van der Waals surface area contributed by atoms with Crippen LogP contribution in [0.15, 0.2) is 30.3 Å². The van der Waals surface area contributed by atoms with Crippen molar-refractivity contribution in [2.24, 2.45) is 0 Å². The average molecular weight is 256 g/mol. The maximum atomic E-state index is 2.35. The van der Waals surface area contributed by atoms with Crippen LogP contribution in [0.25, 0.3) is 10.1 Å². The van der Waals surface area contributed by atoms with Gasteiger partial charge in [-0.2, -0.15) is 0 Å². The standard InChI is InChI=1S/C8H5IS/c9-8-5-6-3-1-2-4-7(6)10-8/h1-5H/i9-4. The van der Waals surface area contributed by atoms with E-state index >= 15 is 0 Å². The Labute approximate surface area is 77.0 Å². The van der Waals surface area contributed by atoms with Gasteiger partial charge in [0.15, 0.2) is 0 Å². The molecular formula is C8H5IS. The summed E-state index contributed by atoms with van der Waals surface area (Å²) < 4.78 is 2.74. The Balaban J connectivity index is 2.88. The molecule has 2 rings (SSSR count).